The number of hydrogen-bond acceptors (Lipinski definition) is 11. The van der Waals surface area contributed by atoms with Crippen LogP contribution >= 0.6 is 0 Å². The zero-order valence-electron chi connectivity index (χ0n) is 23.0. The fourth-order valence-electron chi connectivity index (χ4n) is 3.50. The zero-order chi connectivity index (χ0) is 29.3. The number of benzene rings is 1. The summed E-state index contributed by atoms with van der Waals surface area (Å²) in [4.78, 5) is 27.0. The lowest BCUT2D eigenvalue weighted by Crippen LogP contribution is -2.43. The van der Waals surface area contributed by atoms with Crippen LogP contribution in [0.3, 0.4) is 0 Å². The fraction of sp³-hybridized carbons (Fsp3) is 0.652. The molecule has 0 radical (unpaired) electrons. The SMILES string of the molecule is CB(O)N[C@H](CC(=O)OC(C)(C)C)Cc1cc(C(=O)N(CCOS(C)(=O)=O)CCOS(C)(=O)=O)ccc1C. The fourth-order valence-corrected chi connectivity index (χ4v) is 4.26. The first-order valence-corrected chi connectivity index (χ1v) is 15.6. The van der Waals surface area contributed by atoms with Crippen molar-refractivity contribution >= 4 is 39.2 Å². The molecule has 12 nitrogen and oxygen atoms in total. The summed E-state index contributed by atoms with van der Waals surface area (Å²) in [5.74, 6) is -0.934. The highest BCUT2D eigenvalue weighted by Crippen LogP contribution is 2.18. The van der Waals surface area contributed by atoms with Crippen molar-refractivity contribution in [3.05, 3.63) is 34.9 Å². The van der Waals surface area contributed by atoms with Gasteiger partial charge in [0.15, 0.2) is 0 Å². The Balaban J connectivity index is 3.15. The Hall–Kier alpha value is -2.04. The Labute approximate surface area is 226 Å². The molecule has 38 heavy (non-hydrogen) atoms. The largest absolute Gasteiger partial charge is 0.460 e. The molecule has 0 heterocycles. The molecular weight excluding hydrogens is 539 g/mol. The number of hydrogen-bond donors (Lipinski definition) is 2. The lowest BCUT2D eigenvalue weighted by atomic mass is 9.85. The number of amides is 1. The van der Waals surface area contributed by atoms with Crippen molar-refractivity contribution < 1.29 is 44.6 Å². The van der Waals surface area contributed by atoms with Gasteiger partial charge in [0, 0.05) is 24.7 Å². The van der Waals surface area contributed by atoms with Gasteiger partial charge in [-0.2, -0.15) is 16.8 Å². The molecule has 216 valence electrons. The Kier molecular flexibility index (Phi) is 12.9. The summed E-state index contributed by atoms with van der Waals surface area (Å²) in [6.07, 6.45) is 2.04. The summed E-state index contributed by atoms with van der Waals surface area (Å²) in [5.41, 5.74) is 1.17. The second-order valence-electron chi connectivity index (χ2n) is 10.0. The van der Waals surface area contributed by atoms with Crippen molar-refractivity contribution in [1.82, 2.24) is 10.1 Å². The molecule has 0 unspecified atom stereocenters. The van der Waals surface area contributed by atoms with Gasteiger partial charge in [-0.15, -0.1) is 0 Å². The Morgan fingerprint density at radius 3 is 2.03 bits per heavy atom. The van der Waals surface area contributed by atoms with E-state index >= 15 is 0 Å². The Morgan fingerprint density at radius 1 is 1.05 bits per heavy atom. The third-order valence-electron chi connectivity index (χ3n) is 4.98. The van der Waals surface area contributed by atoms with Crippen molar-refractivity contribution in [2.24, 2.45) is 0 Å². The van der Waals surface area contributed by atoms with E-state index in [0.29, 0.717) is 6.42 Å². The van der Waals surface area contributed by atoms with E-state index in [1.54, 1.807) is 39.0 Å². The minimum atomic E-state index is -3.74. The van der Waals surface area contributed by atoms with Gasteiger partial charge in [0.1, 0.15) is 5.60 Å². The number of nitrogens with one attached hydrogen (secondary N) is 1. The number of esters is 1. The smallest absolute Gasteiger partial charge is 0.373 e. The normalized spacial score (nSPS) is 13.2. The van der Waals surface area contributed by atoms with Crippen LogP contribution in [0, 0.1) is 6.92 Å². The number of rotatable bonds is 15. The maximum atomic E-state index is 13.3. The van der Waals surface area contributed by atoms with Crippen LogP contribution in [0.4, 0.5) is 0 Å². The minimum absolute atomic E-state index is 0.0163. The first-order valence-electron chi connectivity index (χ1n) is 12.0. The monoisotopic (exact) mass is 578 g/mol. The summed E-state index contributed by atoms with van der Waals surface area (Å²) in [6, 6.07) is 4.48. The Bertz CT molecular complexity index is 1130. The van der Waals surface area contributed by atoms with E-state index in [2.05, 4.69) is 5.23 Å². The van der Waals surface area contributed by atoms with Crippen LogP contribution in [0.15, 0.2) is 18.2 Å². The highest BCUT2D eigenvalue weighted by molar-refractivity contribution is 7.86. The van der Waals surface area contributed by atoms with E-state index in [1.165, 1.54) is 11.7 Å². The van der Waals surface area contributed by atoms with E-state index in [-0.39, 0.29) is 38.3 Å². The molecule has 0 saturated heterocycles. The van der Waals surface area contributed by atoms with Crippen LogP contribution in [-0.4, -0.2) is 96.1 Å². The maximum absolute atomic E-state index is 13.3. The molecule has 1 aromatic rings. The summed E-state index contributed by atoms with van der Waals surface area (Å²) >= 11 is 0. The van der Waals surface area contributed by atoms with Crippen molar-refractivity contribution in [3.63, 3.8) is 0 Å². The lowest BCUT2D eigenvalue weighted by molar-refractivity contribution is -0.155. The van der Waals surface area contributed by atoms with Gasteiger partial charge in [0.25, 0.3) is 26.1 Å². The first-order chi connectivity index (χ1) is 17.3. The summed E-state index contributed by atoms with van der Waals surface area (Å²) in [5, 5.41) is 12.8. The predicted octanol–water partition coefficient (Wildman–Crippen LogP) is 0.732. The molecule has 0 bridgehead atoms. The minimum Gasteiger partial charge on any atom is -0.460 e. The molecule has 1 amide bonds. The topological polar surface area (TPSA) is 166 Å². The summed E-state index contributed by atoms with van der Waals surface area (Å²) in [7, 11) is -8.38. The highest BCUT2D eigenvalue weighted by Gasteiger charge is 2.24. The van der Waals surface area contributed by atoms with Gasteiger partial charge >= 0.3 is 13.0 Å². The molecule has 15 heteroatoms. The number of aryl methyl sites for hydroxylation is 1. The van der Waals surface area contributed by atoms with Gasteiger partial charge in [0.2, 0.25) is 0 Å². The molecule has 0 fully saturated rings. The van der Waals surface area contributed by atoms with Crippen molar-refractivity contribution in [2.45, 2.75) is 59.0 Å². The van der Waals surface area contributed by atoms with Gasteiger partial charge in [-0.05, 0) is 64.2 Å². The number of nitrogens with zero attached hydrogens (tertiary/aromatic N) is 1. The van der Waals surface area contributed by atoms with E-state index in [9.17, 15) is 31.4 Å². The molecule has 0 aliphatic rings. The quantitative estimate of drug-likeness (QED) is 0.171. The van der Waals surface area contributed by atoms with Gasteiger partial charge in [-0.3, -0.25) is 18.0 Å². The van der Waals surface area contributed by atoms with Crippen LogP contribution in [0.5, 0.6) is 0 Å². The third kappa shape index (κ3) is 14.8. The zero-order valence-corrected chi connectivity index (χ0v) is 24.6. The van der Waals surface area contributed by atoms with Crippen molar-refractivity contribution in [3.8, 4) is 0 Å². The van der Waals surface area contributed by atoms with Crippen LogP contribution in [0.25, 0.3) is 0 Å². The average Bonchev–Trinajstić information content (AvgIpc) is 2.70. The molecule has 1 atom stereocenters. The van der Waals surface area contributed by atoms with Gasteiger partial charge in [-0.1, -0.05) is 6.07 Å². The molecule has 2 N–H and O–H groups in total. The maximum Gasteiger partial charge on any atom is 0.373 e. The van der Waals surface area contributed by atoms with Gasteiger partial charge in [0.05, 0.1) is 32.1 Å². The van der Waals surface area contributed by atoms with E-state index in [0.717, 1.165) is 23.6 Å². The highest BCUT2D eigenvalue weighted by atomic mass is 32.2. The van der Waals surface area contributed by atoms with Gasteiger partial charge < -0.3 is 19.9 Å². The molecular formula is C23H39BN2O10S2. The third-order valence-corrected chi connectivity index (χ3v) is 6.17. The second kappa shape index (κ2) is 14.4. The van der Waals surface area contributed by atoms with E-state index in [1.807, 2.05) is 6.92 Å². The van der Waals surface area contributed by atoms with E-state index in [4.69, 9.17) is 13.1 Å². The number of carbonyl (C=O) groups excluding carboxylic acids is 2. The standard InChI is InChI=1S/C23H39BN2O10S2/c1-17-8-9-18(14-19(17)15-20(25-24(5)29)16-21(27)36-23(2,3)4)22(28)26(10-12-34-37(6,30)31)11-13-35-38(7,32)33/h8-9,14,20,25,29H,10-13,15-16H2,1-7H3/t20-/m0/s1. The lowest BCUT2D eigenvalue weighted by Gasteiger charge is -2.25. The van der Waals surface area contributed by atoms with Crippen LogP contribution in [0.2, 0.25) is 6.82 Å². The second-order valence-corrected chi connectivity index (χ2v) is 13.3. The molecule has 0 aromatic heterocycles. The molecule has 0 saturated carbocycles. The number of carbonyl (C=O) groups is 2. The molecule has 0 spiro atoms. The van der Waals surface area contributed by atoms with Crippen molar-refractivity contribution in [2.75, 3.05) is 38.8 Å². The first kappa shape index (κ1) is 34.0. The summed E-state index contributed by atoms with van der Waals surface area (Å²) in [6.45, 7) is 7.74. The predicted molar refractivity (Wildman–Crippen MR) is 144 cm³/mol. The average molecular weight is 579 g/mol. The van der Waals surface area contributed by atoms with E-state index < -0.39 is 50.8 Å². The number of ether oxygens (including phenoxy) is 1. The molecule has 1 rings (SSSR count). The molecule has 0 aliphatic heterocycles. The molecule has 1 aromatic carbocycles. The van der Waals surface area contributed by atoms with Crippen LogP contribution in [0.1, 0.15) is 48.7 Å². The molecule has 0 aliphatic carbocycles. The van der Waals surface area contributed by atoms with Crippen LogP contribution < -0.4 is 5.23 Å². The van der Waals surface area contributed by atoms with Crippen LogP contribution in [-0.2, 0) is 44.6 Å². The van der Waals surface area contributed by atoms with Crippen molar-refractivity contribution in [1.29, 1.82) is 0 Å². The summed E-state index contributed by atoms with van der Waals surface area (Å²) < 4.78 is 60.2. The Morgan fingerprint density at radius 2 is 1.58 bits per heavy atom. The van der Waals surface area contributed by atoms with Gasteiger partial charge in [-0.25, -0.2) is 0 Å².